The van der Waals surface area contributed by atoms with Crippen LogP contribution in [0.25, 0.3) is 0 Å². The van der Waals surface area contributed by atoms with Crippen molar-refractivity contribution in [2.45, 2.75) is 38.4 Å². The van der Waals surface area contributed by atoms with E-state index < -0.39 is 0 Å². The van der Waals surface area contributed by atoms with E-state index in [1.165, 1.54) is 23.4 Å². The number of hydrogen-bond acceptors (Lipinski definition) is 3. The van der Waals surface area contributed by atoms with Gasteiger partial charge in [0.2, 0.25) is 0 Å². The maximum Gasteiger partial charge on any atom is 0.0954 e. The molecule has 1 saturated carbocycles. The Kier molecular flexibility index (Phi) is 2.99. The number of thiophene rings is 1. The van der Waals surface area contributed by atoms with Crippen LogP contribution in [0, 0.1) is 0 Å². The van der Waals surface area contributed by atoms with E-state index >= 15 is 0 Å². The summed E-state index contributed by atoms with van der Waals surface area (Å²) in [7, 11) is 0. The average molecular weight is 247 g/mol. The van der Waals surface area contributed by atoms with Crippen LogP contribution in [0.15, 0.2) is 30.0 Å². The summed E-state index contributed by atoms with van der Waals surface area (Å²) < 4.78 is 2.27. The molecule has 2 aromatic rings. The largest absolute Gasteiger partial charge is 0.325 e. The van der Waals surface area contributed by atoms with Crippen LogP contribution in [0.5, 0.6) is 0 Å². The highest BCUT2D eigenvalue weighted by molar-refractivity contribution is 7.10. The van der Waals surface area contributed by atoms with Crippen molar-refractivity contribution < 1.29 is 0 Å². The van der Waals surface area contributed by atoms with Crippen LogP contribution in [0.3, 0.4) is 0 Å². The first kappa shape index (κ1) is 11.0. The van der Waals surface area contributed by atoms with Gasteiger partial charge in [-0.05, 0) is 31.2 Å². The summed E-state index contributed by atoms with van der Waals surface area (Å²) in [5, 5.41) is 5.67. The first-order valence-electron chi connectivity index (χ1n) is 6.12. The molecule has 3 rings (SSSR count). The molecule has 17 heavy (non-hydrogen) atoms. The minimum Gasteiger partial charge on any atom is -0.325 e. The van der Waals surface area contributed by atoms with Crippen molar-refractivity contribution in [2.24, 2.45) is 0 Å². The summed E-state index contributed by atoms with van der Waals surface area (Å²) >= 11 is 1.81. The second-order valence-electron chi connectivity index (χ2n) is 4.64. The second-order valence-corrected chi connectivity index (χ2v) is 5.62. The first-order chi connectivity index (χ1) is 8.34. The van der Waals surface area contributed by atoms with Gasteiger partial charge in [0.15, 0.2) is 0 Å². The zero-order chi connectivity index (χ0) is 11.7. The Morgan fingerprint density at radius 1 is 1.59 bits per heavy atom. The predicted molar refractivity (Wildman–Crippen MR) is 70.2 cm³/mol. The third-order valence-electron chi connectivity index (χ3n) is 3.27. The number of rotatable bonds is 5. The Morgan fingerprint density at radius 2 is 2.47 bits per heavy atom. The summed E-state index contributed by atoms with van der Waals surface area (Å²) in [6.45, 7) is 3.16. The lowest BCUT2D eigenvalue weighted by Crippen LogP contribution is -2.19. The van der Waals surface area contributed by atoms with Crippen LogP contribution in [-0.2, 0) is 6.54 Å². The molecule has 0 saturated heterocycles. The fourth-order valence-corrected chi connectivity index (χ4v) is 2.80. The Morgan fingerprint density at radius 3 is 3.18 bits per heavy atom. The molecule has 0 amide bonds. The number of aromatic nitrogens is 2. The Hall–Kier alpha value is -1.13. The van der Waals surface area contributed by atoms with Gasteiger partial charge in [-0.2, -0.15) is 0 Å². The molecule has 1 unspecified atom stereocenters. The van der Waals surface area contributed by atoms with Crippen LogP contribution in [0.2, 0.25) is 0 Å². The minimum atomic E-state index is 0.383. The average Bonchev–Trinajstić information content (AvgIpc) is 2.86. The summed E-state index contributed by atoms with van der Waals surface area (Å²) in [5.74, 6) is 0. The van der Waals surface area contributed by atoms with Crippen LogP contribution < -0.4 is 5.32 Å². The Balaban J connectivity index is 1.75. The van der Waals surface area contributed by atoms with Crippen LogP contribution in [-0.4, -0.2) is 15.6 Å². The molecule has 1 atom stereocenters. The van der Waals surface area contributed by atoms with Gasteiger partial charge in [-0.25, -0.2) is 4.98 Å². The summed E-state index contributed by atoms with van der Waals surface area (Å²) in [4.78, 5) is 5.66. The van der Waals surface area contributed by atoms with Crippen molar-refractivity contribution >= 4 is 11.3 Å². The Bertz CT molecular complexity index is 471. The van der Waals surface area contributed by atoms with E-state index in [4.69, 9.17) is 0 Å². The van der Waals surface area contributed by atoms with E-state index in [1.807, 2.05) is 12.5 Å². The molecule has 0 spiro atoms. The molecular formula is C13H17N3S. The van der Waals surface area contributed by atoms with Gasteiger partial charge in [-0.1, -0.05) is 6.07 Å². The quantitative estimate of drug-likeness (QED) is 0.880. The highest BCUT2D eigenvalue weighted by Crippen LogP contribution is 2.24. The van der Waals surface area contributed by atoms with E-state index in [0.717, 1.165) is 12.6 Å². The second kappa shape index (κ2) is 4.63. The lowest BCUT2D eigenvalue weighted by atomic mass is 10.2. The predicted octanol–water partition coefficient (Wildman–Crippen LogP) is 2.81. The normalized spacial score (nSPS) is 17.2. The molecule has 0 radical (unpaired) electrons. The number of nitrogens with one attached hydrogen (secondary N) is 1. The molecule has 4 heteroatoms. The third kappa shape index (κ3) is 2.42. The first-order valence-corrected chi connectivity index (χ1v) is 7.00. The zero-order valence-corrected chi connectivity index (χ0v) is 10.8. The van der Waals surface area contributed by atoms with Crippen molar-refractivity contribution in [2.75, 3.05) is 0 Å². The lowest BCUT2D eigenvalue weighted by Gasteiger charge is -2.15. The topological polar surface area (TPSA) is 29.9 Å². The Labute approximate surface area is 106 Å². The van der Waals surface area contributed by atoms with Gasteiger partial charge < -0.3 is 9.88 Å². The third-order valence-corrected chi connectivity index (χ3v) is 4.31. The van der Waals surface area contributed by atoms with Crippen LogP contribution in [0.4, 0.5) is 0 Å². The van der Waals surface area contributed by atoms with Gasteiger partial charge in [0.25, 0.3) is 0 Å². The van der Waals surface area contributed by atoms with Gasteiger partial charge in [0.1, 0.15) is 0 Å². The molecule has 1 N–H and O–H groups in total. The monoisotopic (exact) mass is 247 g/mol. The van der Waals surface area contributed by atoms with Crippen molar-refractivity contribution in [1.29, 1.82) is 0 Å². The molecule has 3 nitrogen and oxygen atoms in total. The summed E-state index contributed by atoms with van der Waals surface area (Å²) in [6, 6.07) is 5.42. The smallest absolute Gasteiger partial charge is 0.0954 e. The molecule has 1 fully saturated rings. The fourth-order valence-electron chi connectivity index (χ4n) is 2.02. The molecule has 2 heterocycles. The van der Waals surface area contributed by atoms with Crippen LogP contribution >= 0.6 is 11.3 Å². The summed E-state index contributed by atoms with van der Waals surface area (Å²) in [6.07, 6.45) is 6.57. The van der Waals surface area contributed by atoms with Crippen LogP contribution in [0.1, 0.15) is 36.4 Å². The van der Waals surface area contributed by atoms with E-state index in [-0.39, 0.29) is 0 Å². The highest BCUT2D eigenvalue weighted by Gasteiger charge is 2.21. The van der Waals surface area contributed by atoms with Gasteiger partial charge in [0, 0.05) is 23.7 Å². The van der Waals surface area contributed by atoms with Gasteiger partial charge in [0.05, 0.1) is 18.1 Å². The van der Waals surface area contributed by atoms with E-state index in [1.54, 1.807) is 11.3 Å². The lowest BCUT2D eigenvalue weighted by molar-refractivity contribution is 0.580. The van der Waals surface area contributed by atoms with Gasteiger partial charge >= 0.3 is 0 Å². The molecule has 2 aromatic heterocycles. The molecular weight excluding hydrogens is 230 g/mol. The fraction of sp³-hybridized carbons (Fsp3) is 0.462. The van der Waals surface area contributed by atoms with E-state index in [9.17, 15) is 0 Å². The number of nitrogens with zero attached hydrogens (tertiary/aromatic N) is 2. The zero-order valence-electron chi connectivity index (χ0n) is 9.97. The van der Waals surface area contributed by atoms with Gasteiger partial charge in [-0.3, -0.25) is 0 Å². The van der Waals surface area contributed by atoms with Crippen molar-refractivity contribution in [3.8, 4) is 0 Å². The number of imidazole rings is 1. The van der Waals surface area contributed by atoms with Crippen molar-refractivity contribution in [1.82, 2.24) is 14.9 Å². The number of hydrogen-bond donors (Lipinski definition) is 1. The van der Waals surface area contributed by atoms with Crippen molar-refractivity contribution in [3.63, 3.8) is 0 Å². The van der Waals surface area contributed by atoms with E-state index in [2.05, 4.69) is 39.3 Å². The summed E-state index contributed by atoms with van der Waals surface area (Å²) in [5.41, 5.74) is 1.28. The van der Waals surface area contributed by atoms with Crippen molar-refractivity contribution in [3.05, 3.63) is 40.6 Å². The molecule has 0 bridgehead atoms. The molecule has 1 aliphatic rings. The molecule has 0 aliphatic heterocycles. The molecule has 0 aromatic carbocycles. The molecule has 1 aliphatic carbocycles. The SMILES string of the molecule is CC(c1cccs1)n1cncc1CNC1CC1. The minimum absolute atomic E-state index is 0.383. The molecule has 90 valence electrons. The highest BCUT2D eigenvalue weighted by atomic mass is 32.1. The van der Waals surface area contributed by atoms with E-state index in [0.29, 0.717) is 6.04 Å². The maximum absolute atomic E-state index is 4.28. The van der Waals surface area contributed by atoms with Gasteiger partial charge in [-0.15, -0.1) is 11.3 Å². The maximum atomic E-state index is 4.28. The standard InChI is InChI=1S/C13H17N3S/c1-10(13-3-2-6-17-13)16-9-14-7-12(16)8-15-11-4-5-11/h2-3,6-7,9-11,15H,4-5,8H2,1H3.